The minimum absolute atomic E-state index is 0.0330. The Morgan fingerprint density at radius 3 is 2.68 bits per heavy atom. The van der Waals surface area contributed by atoms with Crippen molar-refractivity contribution in [3.8, 4) is 5.75 Å². The van der Waals surface area contributed by atoms with Gasteiger partial charge in [0.2, 0.25) is 0 Å². The molecule has 0 saturated heterocycles. The Kier molecular flexibility index (Phi) is 10.0. The minimum Gasteiger partial charge on any atom is -0.493 e. The second-order valence-corrected chi connectivity index (χ2v) is 6.26. The summed E-state index contributed by atoms with van der Waals surface area (Å²) < 4.78 is 11.3. The summed E-state index contributed by atoms with van der Waals surface area (Å²) in [6.07, 6.45) is 1.89. The van der Waals surface area contributed by atoms with E-state index < -0.39 is 11.8 Å². The molecule has 3 N–H and O–H groups in total. The highest BCUT2D eigenvalue weighted by molar-refractivity contribution is 9.10. The summed E-state index contributed by atoms with van der Waals surface area (Å²) in [5.41, 5.74) is 5.12. The van der Waals surface area contributed by atoms with Crippen molar-refractivity contribution in [2.75, 3.05) is 19.8 Å². The average Bonchev–Trinajstić information content (AvgIpc) is 2.59. The van der Waals surface area contributed by atoms with Crippen molar-refractivity contribution in [3.05, 3.63) is 28.2 Å². The van der Waals surface area contributed by atoms with Crippen LogP contribution in [0.2, 0.25) is 0 Å². The summed E-state index contributed by atoms with van der Waals surface area (Å²) >= 11 is 8.32. The molecule has 0 bridgehead atoms. The first-order valence-corrected chi connectivity index (χ1v) is 9.08. The molecule has 0 fully saturated rings. The third-order valence-corrected chi connectivity index (χ3v) is 3.62. The predicted molar refractivity (Wildman–Crippen MR) is 102 cm³/mol. The van der Waals surface area contributed by atoms with Crippen LogP contribution in [-0.4, -0.2) is 36.7 Å². The molecule has 2 amide bonds. The van der Waals surface area contributed by atoms with Crippen LogP contribution in [0.25, 0.3) is 0 Å². The Bertz CT molecular complexity index is 613. The first kappa shape index (κ1) is 21.3. The van der Waals surface area contributed by atoms with Crippen LogP contribution in [0.15, 0.2) is 22.7 Å². The van der Waals surface area contributed by atoms with Crippen LogP contribution in [0.3, 0.4) is 0 Å². The lowest BCUT2D eigenvalue weighted by atomic mass is 10.2. The lowest BCUT2D eigenvalue weighted by molar-refractivity contribution is -0.126. The van der Waals surface area contributed by atoms with Gasteiger partial charge in [0.15, 0.2) is 5.11 Å². The van der Waals surface area contributed by atoms with E-state index in [2.05, 4.69) is 39.0 Å². The molecule has 0 atom stereocenters. The minimum atomic E-state index is -0.440. The summed E-state index contributed by atoms with van der Waals surface area (Å²) in [5.74, 6) is -0.369. The van der Waals surface area contributed by atoms with Gasteiger partial charge >= 0.3 is 0 Å². The number of carbonyl (C=O) groups is 2. The summed E-state index contributed by atoms with van der Waals surface area (Å²) in [7, 11) is 0. The van der Waals surface area contributed by atoms with E-state index in [4.69, 9.17) is 21.7 Å². The van der Waals surface area contributed by atoms with E-state index in [1.807, 2.05) is 0 Å². The molecule has 0 aromatic heterocycles. The van der Waals surface area contributed by atoms with Crippen molar-refractivity contribution >= 4 is 45.1 Å². The molecule has 7 nitrogen and oxygen atoms in total. The summed E-state index contributed by atoms with van der Waals surface area (Å²) in [4.78, 5) is 23.8. The van der Waals surface area contributed by atoms with Gasteiger partial charge in [0.25, 0.3) is 11.8 Å². The number of hydrogen-bond acceptors (Lipinski definition) is 5. The zero-order chi connectivity index (χ0) is 18.7. The van der Waals surface area contributed by atoms with Crippen LogP contribution in [-0.2, 0) is 9.53 Å². The van der Waals surface area contributed by atoms with E-state index in [1.54, 1.807) is 25.1 Å². The number of unbranched alkanes of at least 4 members (excludes halogenated alkanes) is 1. The van der Waals surface area contributed by atoms with Gasteiger partial charge in [-0.05, 0) is 43.8 Å². The Morgan fingerprint density at radius 1 is 1.24 bits per heavy atom. The second kappa shape index (κ2) is 11.8. The zero-order valence-corrected chi connectivity index (χ0v) is 16.6. The lowest BCUT2D eigenvalue weighted by Gasteiger charge is -2.14. The molecule has 0 radical (unpaired) electrons. The third kappa shape index (κ3) is 8.28. The van der Waals surface area contributed by atoms with E-state index >= 15 is 0 Å². The van der Waals surface area contributed by atoms with Crippen molar-refractivity contribution in [2.45, 2.75) is 26.7 Å². The van der Waals surface area contributed by atoms with Gasteiger partial charge in [-0.15, -0.1) is 0 Å². The first-order valence-electron chi connectivity index (χ1n) is 7.88. The summed E-state index contributed by atoms with van der Waals surface area (Å²) in [5, 5.41) is 2.46. The number of benzene rings is 1. The van der Waals surface area contributed by atoms with Crippen LogP contribution < -0.4 is 20.9 Å². The van der Waals surface area contributed by atoms with Gasteiger partial charge in [-0.1, -0.05) is 29.3 Å². The third-order valence-electron chi connectivity index (χ3n) is 2.92. The smallest absolute Gasteiger partial charge is 0.264 e. The molecule has 138 valence electrons. The highest BCUT2D eigenvalue weighted by atomic mass is 79.9. The lowest BCUT2D eigenvalue weighted by Crippen LogP contribution is -2.49. The molecule has 0 heterocycles. The molecule has 0 spiro atoms. The van der Waals surface area contributed by atoms with Crippen molar-refractivity contribution in [3.63, 3.8) is 0 Å². The number of nitrogens with one attached hydrogen (secondary N) is 3. The molecular weight excluding hydrogens is 410 g/mol. The number of ether oxygens (including phenoxy) is 2. The molecular formula is C16H22BrN3O4S. The maximum absolute atomic E-state index is 12.4. The monoisotopic (exact) mass is 431 g/mol. The van der Waals surface area contributed by atoms with Gasteiger partial charge in [0.05, 0.1) is 12.2 Å². The van der Waals surface area contributed by atoms with E-state index in [-0.39, 0.29) is 11.7 Å². The zero-order valence-electron chi connectivity index (χ0n) is 14.2. The van der Waals surface area contributed by atoms with E-state index in [1.165, 1.54) is 0 Å². The molecule has 0 saturated carbocycles. The molecule has 0 aliphatic heterocycles. The van der Waals surface area contributed by atoms with Crippen LogP contribution >= 0.6 is 28.1 Å². The fraction of sp³-hybridized carbons (Fsp3) is 0.438. The normalized spacial score (nSPS) is 10.0. The molecule has 1 rings (SSSR count). The maximum Gasteiger partial charge on any atom is 0.264 e. The highest BCUT2D eigenvalue weighted by Gasteiger charge is 2.15. The molecule has 25 heavy (non-hydrogen) atoms. The van der Waals surface area contributed by atoms with Gasteiger partial charge in [0.1, 0.15) is 12.4 Å². The number of carbonyl (C=O) groups excluding carboxylic acids is 2. The Morgan fingerprint density at radius 2 is 2.00 bits per heavy atom. The van der Waals surface area contributed by atoms with Crippen molar-refractivity contribution < 1.29 is 19.1 Å². The molecule has 0 aliphatic carbocycles. The standard InChI is InChI=1S/C16H22BrN3O4S/c1-3-5-8-24-13-7-6-11(17)9-12(13)15(22)18-16(25)20-19-14(21)10-23-4-2/h6-7,9H,3-5,8,10H2,1-2H3,(H,19,21)(H2,18,20,22,25). The van der Waals surface area contributed by atoms with Crippen LogP contribution in [0, 0.1) is 0 Å². The Labute approximate surface area is 160 Å². The fourth-order valence-corrected chi connectivity index (χ4v) is 2.20. The summed E-state index contributed by atoms with van der Waals surface area (Å²) in [6, 6.07) is 5.16. The van der Waals surface area contributed by atoms with E-state index in [0.717, 1.165) is 17.3 Å². The fourth-order valence-electron chi connectivity index (χ4n) is 1.69. The number of halogens is 1. The molecule has 9 heteroatoms. The SMILES string of the molecule is CCCCOc1ccc(Br)cc1C(=O)NC(=S)NNC(=O)COCC. The van der Waals surface area contributed by atoms with Crippen LogP contribution in [0.5, 0.6) is 5.75 Å². The van der Waals surface area contributed by atoms with Crippen LogP contribution in [0.1, 0.15) is 37.0 Å². The number of thiocarbonyl (C=S) groups is 1. The van der Waals surface area contributed by atoms with E-state index in [0.29, 0.717) is 24.5 Å². The van der Waals surface area contributed by atoms with E-state index in [9.17, 15) is 9.59 Å². The number of amides is 2. The molecule has 0 unspecified atom stereocenters. The van der Waals surface area contributed by atoms with Crippen molar-refractivity contribution in [2.24, 2.45) is 0 Å². The Hall–Kier alpha value is -1.71. The highest BCUT2D eigenvalue weighted by Crippen LogP contribution is 2.23. The van der Waals surface area contributed by atoms with Gasteiger partial charge in [-0.2, -0.15) is 0 Å². The van der Waals surface area contributed by atoms with Crippen molar-refractivity contribution in [1.82, 2.24) is 16.2 Å². The number of hydrogen-bond donors (Lipinski definition) is 3. The second-order valence-electron chi connectivity index (χ2n) is 4.94. The topological polar surface area (TPSA) is 88.7 Å². The van der Waals surface area contributed by atoms with Gasteiger partial charge < -0.3 is 9.47 Å². The summed E-state index contributed by atoms with van der Waals surface area (Å²) in [6.45, 7) is 4.69. The molecule has 0 aliphatic rings. The molecule has 1 aromatic rings. The van der Waals surface area contributed by atoms with Gasteiger partial charge in [-0.25, -0.2) is 0 Å². The molecule has 1 aromatic carbocycles. The van der Waals surface area contributed by atoms with Gasteiger partial charge in [-0.3, -0.25) is 25.8 Å². The maximum atomic E-state index is 12.4. The Balaban J connectivity index is 2.62. The quantitative estimate of drug-likeness (QED) is 0.332. The first-order chi connectivity index (χ1) is 12.0. The number of rotatable bonds is 8. The van der Waals surface area contributed by atoms with Crippen LogP contribution in [0.4, 0.5) is 0 Å². The van der Waals surface area contributed by atoms with Gasteiger partial charge in [0, 0.05) is 11.1 Å². The predicted octanol–water partition coefficient (Wildman–Crippen LogP) is 2.30. The number of hydrazine groups is 1. The average molecular weight is 432 g/mol. The largest absolute Gasteiger partial charge is 0.493 e. The van der Waals surface area contributed by atoms with Crippen molar-refractivity contribution in [1.29, 1.82) is 0 Å².